The van der Waals surface area contributed by atoms with Crippen molar-refractivity contribution in [3.05, 3.63) is 0 Å². The molecule has 0 rings (SSSR count). The summed E-state index contributed by atoms with van der Waals surface area (Å²) in [5, 5.41) is 8.33. The first kappa shape index (κ1) is 21.7. The molecular weight excluding hydrogens is 312 g/mol. The van der Waals surface area contributed by atoms with Gasteiger partial charge in [0, 0.05) is 0 Å². The molecule has 0 aromatic carbocycles. The van der Waals surface area contributed by atoms with Crippen LogP contribution in [0.15, 0.2) is 0 Å². The van der Waals surface area contributed by atoms with E-state index in [4.69, 9.17) is 28.8 Å². The van der Waals surface area contributed by atoms with Gasteiger partial charge in [-0.3, -0.25) is 4.79 Å². The number of carbonyl (C=O) groups excluding carboxylic acids is 1. The molecule has 0 aliphatic heterocycles. The molecule has 0 aliphatic carbocycles. The molecule has 0 bridgehead atoms. The summed E-state index contributed by atoms with van der Waals surface area (Å²) in [5.74, 6) is -1.29. The molecule has 0 heterocycles. The minimum Gasteiger partial charge on any atom is -0.480 e. The van der Waals surface area contributed by atoms with Crippen LogP contribution >= 0.6 is 0 Å². The van der Waals surface area contributed by atoms with Crippen molar-refractivity contribution in [1.29, 1.82) is 0 Å². The third-order valence-corrected chi connectivity index (χ3v) is 2.39. The summed E-state index contributed by atoms with van der Waals surface area (Å²) in [4.78, 5) is 20.9. The van der Waals surface area contributed by atoms with Crippen LogP contribution in [0.3, 0.4) is 0 Å². The van der Waals surface area contributed by atoms with Crippen LogP contribution in [-0.2, 0) is 38.0 Å². The lowest BCUT2D eigenvalue weighted by Gasteiger charge is -2.07. The van der Waals surface area contributed by atoms with Gasteiger partial charge in [0.15, 0.2) is 0 Å². The van der Waals surface area contributed by atoms with Gasteiger partial charge < -0.3 is 33.5 Å². The third kappa shape index (κ3) is 18.7. The Balaban J connectivity index is 3.02. The maximum atomic E-state index is 10.8. The average molecular weight is 338 g/mol. The lowest BCUT2D eigenvalue weighted by atomic mass is 10.5. The van der Waals surface area contributed by atoms with Crippen LogP contribution in [-0.4, -0.2) is 90.2 Å². The van der Waals surface area contributed by atoms with Crippen molar-refractivity contribution in [2.75, 3.05) is 73.2 Å². The predicted octanol–water partition coefficient (Wildman–Crippen LogP) is -0.283. The van der Waals surface area contributed by atoms with Crippen molar-refractivity contribution in [3.63, 3.8) is 0 Å². The Hall–Kier alpha value is -1.26. The predicted molar refractivity (Wildman–Crippen MR) is 78.4 cm³/mol. The summed E-state index contributed by atoms with van der Waals surface area (Å²) < 4.78 is 30.1. The van der Waals surface area contributed by atoms with Crippen LogP contribution in [0.25, 0.3) is 0 Å². The second kappa shape index (κ2) is 17.1. The SMILES string of the molecule is COC(=O)CCOCCOCCOCCOCCOCC(=O)O. The molecule has 0 fully saturated rings. The molecule has 0 spiro atoms. The number of carbonyl (C=O) groups is 2. The summed E-state index contributed by atoms with van der Waals surface area (Å²) in [6.45, 7) is 3.15. The number of methoxy groups -OCH3 is 1. The van der Waals surface area contributed by atoms with E-state index in [1.165, 1.54) is 7.11 Å². The van der Waals surface area contributed by atoms with Crippen LogP contribution < -0.4 is 0 Å². The Labute approximate surface area is 135 Å². The Morgan fingerprint density at radius 2 is 1.09 bits per heavy atom. The largest absolute Gasteiger partial charge is 0.480 e. The topological polar surface area (TPSA) is 110 Å². The van der Waals surface area contributed by atoms with Crippen molar-refractivity contribution in [2.24, 2.45) is 0 Å². The maximum absolute atomic E-state index is 10.8. The van der Waals surface area contributed by atoms with E-state index >= 15 is 0 Å². The molecular formula is C14H26O9. The fourth-order valence-electron chi connectivity index (χ4n) is 1.30. The van der Waals surface area contributed by atoms with Gasteiger partial charge in [0.2, 0.25) is 0 Å². The van der Waals surface area contributed by atoms with Crippen molar-refractivity contribution in [3.8, 4) is 0 Å². The number of ether oxygens (including phenoxy) is 6. The minimum atomic E-state index is -0.998. The van der Waals surface area contributed by atoms with Gasteiger partial charge in [0.05, 0.1) is 73.0 Å². The van der Waals surface area contributed by atoms with Crippen molar-refractivity contribution >= 4 is 11.9 Å². The molecule has 0 radical (unpaired) electrons. The second-order valence-corrected chi connectivity index (χ2v) is 4.22. The number of aliphatic carboxylic acids is 1. The van der Waals surface area contributed by atoms with Gasteiger partial charge in [-0.05, 0) is 0 Å². The molecule has 0 aromatic heterocycles. The number of hydrogen-bond donors (Lipinski definition) is 1. The third-order valence-electron chi connectivity index (χ3n) is 2.39. The summed E-state index contributed by atoms with van der Waals surface area (Å²) >= 11 is 0. The molecule has 0 aromatic rings. The van der Waals surface area contributed by atoms with E-state index < -0.39 is 5.97 Å². The van der Waals surface area contributed by atoms with E-state index in [0.29, 0.717) is 52.9 Å². The van der Waals surface area contributed by atoms with Gasteiger partial charge in [-0.25, -0.2) is 4.79 Å². The average Bonchev–Trinajstić information content (AvgIpc) is 2.53. The fourth-order valence-corrected chi connectivity index (χ4v) is 1.30. The highest BCUT2D eigenvalue weighted by molar-refractivity contribution is 5.69. The van der Waals surface area contributed by atoms with Gasteiger partial charge in [-0.2, -0.15) is 0 Å². The summed E-state index contributed by atoms with van der Waals surface area (Å²) in [6.07, 6.45) is 0.237. The van der Waals surface area contributed by atoms with Gasteiger partial charge in [-0.15, -0.1) is 0 Å². The maximum Gasteiger partial charge on any atom is 0.329 e. The lowest BCUT2D eigenvalue weighted by molar-refractivity contribution is -0.143. The highest BCUT2D eigenvalue weighted by atomic mass is 16.6. The van der Waals surface area contributed by atoms with Crippen LogP contribution in [0.5, 0.6) is 0 Å². The highest BCUT2D eigenvalue weighted by Crippen LogP contribution is 1.87. The summed E-state index contributed by atoms with van der Waals surface area (Å²) in [6, 6.07) is 0. The molecule has 136 valence electrons. The number of carboxylic acid groups (broad SMARTS) is 1. The van der Waals surface area contributed by atoms with Gasteiger partial charge >= 0.3 is 11.9 Å². The minimum absolute atomic E-state index is 0.237. The fraction of sp³-hybridized carbons (Fsp3) is 0.857. The van der Waals surface area contributed by atoms with E-state index in [-0.39, 0.29) is 25.6 Å². The Morgan fingerprint density at radius 3 is 1.48 bits per heavy atom. The van der Waals surface area contributed by atoms with Crippen LogP contribution in [0.4, 0.5) is 0 Å². The van der Waals surface area contributed by atoms with Gasteiger partial charge in [-0.1, -0.05) is 0 Å². The van der Waals surface area contributed by atoms with Gasteiger partial charge in [0.1, 0.15) is 6.61 Å². The van der Waals surface area contributed by atoms with E-state index in [1.807, 2.05) is 0 Å². The monoisotopic (exact) mass is 338 g/mol. The number of carboxylic acids is 1. The molecule has 0 saturated carbocycles. The molecule has 23 heavy (non-hydrogen) atoms. The first-order valence-electron chi connectivity index (χ1n) is 7.34. The van der Waals surface area contributed by atoms with Gasteiger partial charge in [0.25, 0.3) is 0 Å². The Morgan fingerprint density at radius 1 is 0.696 bits per heavy atom. The Bertz CT molecular complexity index is 296. The second-order valence-electron chi connectivity index (χ2n) is 4.22. The first-order chi connectivity index (χ1) is 11.2. The van der Waals surface area contributed by atoms with Crippen molar-refractivity contribution < 1.29 is 43.1 Å². The molecule has 1 N–H and O–H groups in total. The van der Waals surface area contributed by atoms with Crippen LogP contribution in [0, 0.1) is 0 Å². The zero-order valence-corrected chi connectivity index (χ0v) is 13.5. The quantitative estimate of drug-likeness (QED) is 0.283. The zero-order valence-electron chi connectivity index (χ0n) is 13.5. The number of esters is 1. The number of hydrogen-bond acceptors (Lipinski definition) is 8. The van der Waals surface area contributed by atoms with E-state index in [2.05, 4.69) is 4.74 Å². The molecule has 0 amide bonds. The zero-order chi connectivity index (χ0) is 17.2. The molecule has 0 saturated heterocycles. The molecule has 0 atom stereocenters. The molecule has 0 unspecified atom stereocenters. The first-order valence-corrected chi connectivity index (χ1v) is 7.34. The smallest absolute Gasteiger partial charge is 0.329 e. The number of rotatable bonds is 17. The van der Waals surface area contributed by atoms with Crippen molar-refractivity contribution in [1.82, 2.24) is 0 Å². The molecule has 9 nitrogen and oxygen atoms in total. The normalized spacial score (nSPS) is 10.7. The van der Waals surface area contributed by atoms with E-state index in [9.17, 15) is 9.59 Å². The van der Waals surface area contributed by atoms with Crippen LogP contribution in [0.2, 0.25) is 0 Å². The lowest BCUT2D eigenvalue weighted by Crippen LogP contribution is -2.15. The Kier molecular flexibility index (Phi) is 16.2. The van der Waals surface area contributed by atoms with E-state index in [0.717, 1.165) is 0 Å². The van der Waals surface area contributed by atoms with Crippen molar-refractivity contribution in [2.45, 2.75) is 6.42 Å². The summed E-state index contributed by atoms with van der Waals surface area (Å²) in [7, 11) is 1.34. The van der Waals surface area contributed by atoms with Crippen LogP contribution in [0.1, 0.15) is 6.42 Å². The standard InChI is InChI=1S/C14H26O9/c1-18-14(17)2-3-19-4-5-20-6-7-21-8-9-22-10-11-23-12-13(15)16/h2-12H2,1H3,(H,15,16). The molecule has 0 aliphatic rings. The van der Waals surface area contributed by atoms with E-state index in [1.54, 1.807) is 0 Å². The summed E-state index contributed by atoms with van der Waals surface area (Å²) in [5.41, 5.74) is 0. The highest BCUT2D eigenvalue weighted by Gasteiger charge is 1.99. The molecule has 9 heteroatoms.